The second kappa shape index (κ2) is 10.9. The fourth-order valence-electron chi connectivity index (χ4n) is 3.27. The molecule has 0 radical (unpaired) electrons. The highest BCUT2D eigenvalue weighted by Gasteiger charge is 2.24. The van der Waals surface area contributed by atoms with Gasteiger partial charge in [0, 0.05) is 12.0 Å². The standard InChI is InChI=1S/C25H22N4O3S2/c1-16-21(34-25(26-16)18-11-6-3-7-12-18)24(32)29-28-22(30)19(15-17-9-4-2-5-10-17)27-23(31)20-13-8-14-33-20/h2-14,19H,15H2,1H3,(H,27,31)(H,28,30)(H,29,32). The number of hydrazine groups is 1. The van der Waals surface area contributed by atoms with Crippen LogP contribution in [0, 0.1) is 6.92 Å². The first-order valence-corrected chi connectivity index (χ1v) is 12.2. The van der Waals surface area contributed by atoms with Crippen molar-refractivity contribution in [1.82, 2.24) is 21.2 Å². The van der Waals surface area contributed by atoms with E-state index in [1.807, 2.05) is 60.7 Å². The van der Waals surface area contributed by atoms with Gasteiger partial charge in [-0.15, -0.1) is 22.7 Å². The summed E-state index contributed by atoms with van der Waals surface area (Å²) in [5, 5.41) is 5.28. The molecule has 0 aliphatic carbocycles. The van der Waals surface area contributed by atoms with Crippen molar-refractivity contribution in [3.63, 3.8) is 0 Å². The molecule has 0 aliphatic heterocycles. The van der Waals surface area contributed by atoms with Gasteiger partial charge in [0.1, 0.15) is 15.9 Å². The van der Waals surface area contributed by atoms with Gasteiger partial charge >= 0.3 is 0 Å². The van der Waals surface area contributed by atoms with Crippen LogP contribution in [0.15, 0.2) is 78.2 Å². The third kappa shape index (κ3) is 5.75. The third-order valence-electron chi connectivity index (χ3n) is 4.97. The Hall–Kier alpha value is -3.82. The molecule has 0 saturated carbocycles. The Morgan fingerprint density at radius 1 is 0.882 bits per heavy atom. The van der Waals surface area contributed by atoms with Gasteiger partial charge in [0.05, 0.1) is 10.6 Å². The molecule has 7 nitrogen and oxygen atoms in total. The number of thiophene rings is 1. The zero-order valence-electron chi connectivity index (χ0n) is 18.3. The second-order valence-corrected chi connectivity index (χ2v) is 9.38. The second-order valence-electron chi connectivity index (χ2n) is 7.44. The summed E-state index contributed by atoms with van der Waals surface area (Å²) < 4.78 is 0. The molecule has 1 atom stereocenters. The predicted octanol–water partition coefficient (Wildman–Crippen LogP) is 3.98. The molecule has 4 aromatic rings. The molecular formula is C25H22N4O3S2. The van der Waals surface area contributed by atoms with Crippen LogP contribution in [0.1, 0.15) is 30.6 Å². The maximum absolute atomic E-state index is 13.0. The number of amides is 3. The van der Waals surface area contributed by atoms with Gasteiger partial charge in [0.25, 0.3) is 17.7 Å². The number of hydrogen-bond acceptors (Lipinski definition) is 6. The number of aromatic nitrogens is 1. The van der Waals surface area contributed by atoms with E-state index >= 15 is 0 Å². The fourth-order valence-corrected chi connectivity index (χ4v) is 4.86. The summed E-state index contributed by atoms with van der Waals surface area (Å²) in [6.45, 7) is 1.75. The number of rotatable bonds is 7. The summed E-state index contributed by atoms with van der Waals surface area (Å²) in [6, 6.07) is 21.5. The van der Waals surface area contributed by atoms with Crippen molar-refractivity contribution < 1.29 is 14.4 Å². The first kappa shape index (κ1) is 23.3. The van der Waals surface area contributed by atoms with Gasteiger partial charge in [-0.25, -0.2) is 4.98 Å². The number of aryl methyl sites for hydroxylation is 1. The molecule has 0 aliphatic rings. The maximum atomic E-state index is 13.0. The molecule has 0 saturated heterocycles. The van der Waals surface area contributed by atoms with Gasteiger partial charge in [0.15, 0.2) is 0 Å². The molecule has 2 heterocycles. The Morgan fingerprint density at radius 3 is 2.26 bits per heavy atom. The highest BCUT2D eigenvalue weighted by Crippen LogP contribution is 2.27. The highest BCUT2D eigenvalue weighted by atomic mass is 32.1. The minimum Gasteiger partial charge on any atom is -0.339 e. The lowest BCUT2D eigenvalue weighted by molar-refractivity contribution is -0.123. The molecule has 172 valence electrons. The van der Waals surface area contributed by atoms with E-state index in [1.54, 1.807) is 24.4 Å². The normalized spacial score (nSPS) is 11.4. The highest BCUT2D eigenvalue weighted by molar-refractivity contribution is 7.17. The lowest BCUT2D eigenvalue weighted by Gasteiger charge is -2.18. The number of carbonyl (C=O) groups is 3. The van der Waals surface area contributed by atoms with Crippen LogP contribution >= 0.6 is 22.7 Å². The Labute approximate surface area is 204 Å². The quantitative estimate of drug-likeness (QED) is 0.341. The van der Waals surface area contributed by atoms with E-state index < -0.39 is 17.9 Å². The number of hydrogen-bond donors (Lipinski definition) is 3. The average Bonchev–Trinajstić information content (AvgIpc) is 3.53. The topological polar surface area (TPSA) is 100 Å². The van der Waals surface area contributed by atoms with Gasteiger partial charge in [-0.3, -0.25) is 25.2 Å². The van der Waals surface area contributed by atoms with Crippen LogP contribution in [-0.2, 0) is 11.2 Å². The molecule has 4 rings (SSSR count). The lowest BCUT2D eigenvalue weighted by Crippen LogP contribution is -2.53. The maximum Gasteiger partial charge on any atom is 0.281 e. The largest absolute Gasteiger partial charge is 0.339 e. The summed E-state index contributed by atoms with van der Waals surface area (Å²) in [7, 11) is 0. The van der Waals surface area contributed by atoms with E-state index in [1.165, 1.54) is 22.7 Å². The van der Waals surface area contributed by atoms with E-state index in [4.69, 9.17) is 0 Å². The van der Waals surface area contributed by atoms with Gasteiger partial charge in [0.2, 0.25) is 0 Å². The summed E-state index contributed by atoms with van der Waals surface area (Å²) in [6.07, 6.45) is 0.275. The van der Waals surface area contributed by atoms with Gasteiger partial charge in [-0.2, -0.15) is 0 Å². The van der Waals surface area contributed by atoms with Crippen molar-refractivity contribution in [2.45, 2.75) is 19.4 Å². The van der Waals surface area contributed by atoms with Crippen molar-refractivity contribution >= 4 is 40.4 Å². The van der Waals surface area contributed by atoms with E-state index in [2.05, 4.69) is 21.2 Å². The van der Waals surface area contributed by atoms with Crippen molar-refractivity contribution in [1.29, 1.82) is 0 Å². The molecule has 2 aromatic heterocycles. The number of benzene rings is 2. The molecule has 2 aromatic carbocycles. The zero-order valence-corrected chi connectivity index (χ0v) is 19.9. The molecule has 3 amide bonds. The molecule has 1 unspecified atom stereocenters. The lowest BCUT2D eigenvalue weighted by atomic mass is 10.1. The minimum absolute atomic E-state index is 0.275. The van der Waals surface area contributed by atoms with Gasteiger partial charge < -0.3 is 5.32 Å². The molecule has 0 fully saturated rings. The predicted molar refractivity (Wildman–Crippen MR) is 134 cm³/mol. The van der Waals surface area contributed by atoms with Crippen molar-refractivity contribution in [2.24, 2.45) is 0 Å². The summed E-state index contributed by atoms with van der Waals surface area (Å²) in [5.41, 5.74) is 7.29. The molecular weight excluding hydrogens is 468 g/mol. The van der Waals surface area contributed by atoms with E-state index in [0.717, 1.165) is 16.1 Å². The number of nitrogens with zero attached hydrogens (tertiary/aromatic N) is 1. The Kier molecular flexibility index (Phi) is 7.46. The summed E-state index contributed by atoms with van der Waals surface area (Å²) in [5.74, 6) is -1.33. The number of carbonyl (C=O) groups excluding carboxylic acids is 3. The van der Waals surface area contributed by atoms with E-state index in [-0.39, 0.29) is 12.3 Å². The van der Waals surface area contributed by atoms with Crippen LogP contribution in [0.2, 0.25) is 0 Å². The monoisotopic (exact) mass is 490 g/mol. The number of nitrogens with one attached hydrogen (secondary N) is 3. The van der Waals surface area contributed by atoms with Crippen LogP contribution in [0.25, 0.3) is 10.6 Å². The summed E-state index contributed by atoms with van der Waals surface area (Å²) >= 11 is 2.54. The Bertz CT molecular complexity index is 1270. The van der Waals surface area contributed by atoms with Crippen LogP contribution in [0.4, 0.5) is 0 Å². The molecule has 34 heavy (non-hydrogen) atoms. The zero-order chi connectivity index (χ0) is 23.9. The molecule has 9 heteroatoms. The first-order valence-electron chi connectivity index (χ1n) is 10.5. The fraction of sp³-hybridized carbons (Fsp3) is 0.120. The van der Waals surface area contributed by atoms with Crippen molar-refractivity contribution in [3.8, 4) is 10.6 Å². The SMILES string of the molecule is Cc1nc(-c2ccccc2)sc1C(=O)NNC(=O)C(Cc1ccccc1)NC(=O)c1cccs1. The molecule has 0 bridgehead atoms. The van der Waals surface area contributed by atoms with Crippen LogP contribution in [0.5, 0.6) is 0 Å². The molecule has 0 spiro atoms. The Morgan fingerprint density at radius 2 is 1.59 bits per heavy atom. The minimum atomic E-state index is -0.875. The number of thiazole rings is 1. The van der Waals surface area contributed by atoms with Gasteiger partial charge in [-0.1, -0.05) is 66.7 Å². The smallest absolute Gasteiger partial charge is 0.281 e. The van der Waals surface area contributed by atoms with Gasteiger partial charge in [-0.05, 0) is 23.9 Å². The van der Waals surface area contributed by atoms with Crippen LogP contribution < -0.4 is 16.2 Å². The van der Waals surface area contributed by atoms with Crippen LogP contribution in [-0.4, -0.2) is 28.7 Å². The average molecular weight is 491 g/mol. The van der Waals surface area contributed by atoms with E-state index in [0.29, 0.717) is 15.4 Å². The van der Waals surface area contributed by atoms with Crippen molar-refractivity contribution in [2.75, 3.05) is 0 Å². The van der Waals surface area contributed by atoms with Crippen LogP contribution in [0.3, 0.4) is 0 Å². The first-order chi connectivity index (χ1) is 16.5. The molecule has 3 N–H and O–H groups in total. The Balaban J connectivity index is 1.44. The van der Waals surface area contributed by atoms with E-state index in [9.17, 15) is 14.4 Å². The van der Waals surface area contributed by atoms with Crippen molar-refractivity contribution in [3.05, 3.63) is 99.2 Å². The third-order valence-corrected chi connectivity index (χ3v) is 7.05. The summed E-state index contributed by atoms with van der Waals surface area (Å²) in [4.78, 5) is 43.7.